The summed E-state index contributed by atoms with van der Waals surface area (Å²) in [6.07, 6.45) is 11.9. The van der Waals surface area contributed by atoms with E-state index in [0.717, 1.165) is 25.3 Å². The standard InChI is InChI=1S/C16H30N2O/c1-2-4-6-15(5-3-1)17-9-7-16(8-10-17)18-11-13-19-14-12-18/h15-16H,1-14H2/p+2. The number of likely N-dealkylation sites (tertiary alicyclic amines) is 1. The van der Waals surface area contributed by atoms with Crippen LogP contribution in [-0.2, 0) is 4.74 Å². The van der Waals surface area contributed by atoms with Crippen molar-refractivity contribution in [2.24, 2.45) is 0 Å². The molecule has 3 fully saturated rings. The molecule has 0 atom stereocenters. The first-order chi connectivity index (χ1) is 9.43. The second-order valence-corrected chi connectivity index (χ2v) is 6.89. The molecule has 0 aromatic heterocycles. The molecule has 2 saturated heterocycles. The first kappa shape index (κ1) is 13.8. The van der Waals surface area contributed by atoms with E-state index in [0.29, 0.717) is 0 Å². The molecule has 0 amide bonds. The van der Waals surface area contributed by atoms with Crippen LogP contribution < -0.4 is 9.80 Å². The second kappa shape index (κ2) is 7.05. The van der Waals surface area contributed by atoms with E-state index in [1.165, 1.54) is 77.5 Å². The number of hydrogen-bond acceptors (Lipinski definition) is 1. The Morgan fingerprint density at radius 2 is 1.11 bits per heavy atom. The van der Waals surface area contributed by atoms with Gasteiger partial charge in [-0.1, -0.05) is 12.8 Å². The van der Waals surface area contributed by atoms with Gasteiger partial charge in [-0.3, -0.25) is 0 Å². The lowest BCUT2D eigenvalue weighted by Gasteiger charge is -2.38. The minimum Gasteiger partial charge on any atom is -0.370 e. The molecule has 0 aromatic rings. The maximum atomic E-state index is 5.49. The summed E-state index contributed by atoms with van der Waals surface area (Å²) >= 11 is 0. The monoisotopic (exact) mass is 268 g/mol. The van der Waals surface area contributed by atoms with E-state index in [2.05, 4.69) is 0 Å². The first-order valence-corrected chi connectivity index (χ1v) is 8.70. The van der Waals surface area contributed by atoms with Gasteiger partial charge < -0.3 is 14.5 Å². The van der Waals surface area contributed by atoms with Crippen molar-refractivity contribution >= 4 is 0 Å². The van der Waals surface area contributed by atoms with Crippen molar-refractivity contribution in [2.75, 3.05) is 39.4 Å². The van der Waals surface area contributed by atoms with Crippen molar-refractivity contribution < 1.29 is 14.5 Å². The highest BCUT2D eigenvalue weighted by atomic mass is 16.5. The molecular weight excluding hydrogens is 236 g/mol. The number of ether oxygens (including phenoxy) is 1. The van der Waals surface area contributed by atoms with E-state index in [-0.39, 0.29) is 0 Å². The van der Waals surface area contributed by atoms with Crippen molar-refractivity contribution in [3.05, 3.63) is 0 Å². The molecule has 2 aliphatic heterocycles. The Morgan fingerprint density at radius 1 is 0.579 bits per heavy atom. The maximum absolute atomic E-state index is 5.49. The number of rotatable bonds is 2. The van der Waals surface area contributed by atoms with Gasteiger partial charge in [0.15, 0.2) is 0 Å². The molecule has 3 rings (SSSR count). The summed E-state index contributed by atoms with van der Waals surface area (Å²) in [5, 5.41) is 0. The van der Waals surface area contributed by atoms with E-state index in [1.54, 1.807) is 0 Å². The molecule has 3 nitrogen and oxygen atoms in total. The molecule has 3 aliphatic rings. The number of hydrogen-bond donors (Lipinski definition) is 2. The summed E-state index contributed by atoms with van der Waals surface area (Å²) < 4.78 is 5.49. The molecule has 0 unspecified atom stereocenters. The third kappa shape index (κ3) is 3.71. The quantitative estimate of drug-likeness (QED) is 0.657. The van der Waals surface area contributed by atoms with Crippen LogP contribution in [0.5, 0.6) is 0 Å². The molecule has 3 heteroatoms. The van der Waals surface area contributed by atoms with Crippen LogP contribution in [0.25, 0.3) is 0 Å². The van der Waals surface area contributed by atoms with E-state index >= 15 is 0 Å². The van der Waals surface area contributed by atoms with Gasteiger partial charge in [0.25, 0.3) is 0 Å². The minimum absolute atomic E-state index is 0.943. The summed E-state index contributed by atoms with van der Waals surface area (Å²) in [6.45, 7) is 7.38. The first-order valence-electron chi connectivity index (χ1n) is 8.70. The zero-order chi connectivity index (χ0) is 12.9. The SMILES string of the molecule is C1CCCC([NH+]2CCC([NH+]3CCOCC3)CC2)CC1. The third-order valence-electron chi connectivity index (χ3n) is 5.77. The van der Waals surface area contributed by atoms with Crippen LogP contribution in [0.2, 0.25) is 0 Å². The van der Waals surface area contributed by atoms with E-state index in [1.807, 2.05) is 9.80 Å². The van der Waals surface area contributed by atoms with Crippen molar-refractivity contribution in [1.29, 1.82) is 0 Å². The average molecular weight is 268 g/mol. The second-order valence-electron chi connectivity index (χ2n) is 6.89. The fourth-order valence-corrected chi connectivity index (χ4v) is 4.53. The van der Waals surface area contributed by atoms with Gasteiger partial charge in [-0.05, 0) is 25.7 Å². The minimum atomic E-state index is 0.943. The number of nitrogens with one attached hydrogen (secondary N) is 2. The van der Waals surface area contributed by atoms with Crippen LogP contribution in [0.15, 0.2) is 0 Å². The van der Waals surface area contributed by atoms with Crippen LogP contribution >= 0.6 is 0 Å². The fourth-order valence-electron chi connectivity index (χ4n) is 4.53. The van der Waals surface area contributed by atoms with Gasteiger partial charge in [0, 0.05) is 12.8 Å². The molecular formula is C16H32N2O+2. The Kier molecular flexibility index (Phi) is 5.14. The number of piperidine rings is 1. The Hall–Kier alpha value is -0.120. The number of quaternary nitrogens is 2. The predicted octanol–water partition coefficient (Wildman–Crippen LogP) is -0.328. The van der Waals surface area contributed by atoms with Crippen molar-refractivity contribution in [2.45, 2.75) is 63.5 Å². The molecule has 0 aromatic carbocycles. The molecule has 1 aliphatic carbocycles. The van der Waals surface area contributed by atoms with Crippen LogP contribution in [0.4, 0.5) is 0 Å². The molecule has 0 radical (unpaired) electrons. The maximum Gasteiger partial charge on any atom is 0.101 e. The normalized spacial score (nSPS) is 36.0. The van der Waals surface area contributed by atoms with E-state index < -0.39 is 0 Å². The fraction of sp³-hybridized carbons (Fsp3) is 1.00. The van der Waals surface area contributed by atoms with E-state index in [9.17, 15) is 0 Å². The van der Waals surface area contributed by atoms with Crippen molar-refractivity contribution in [1.82, 2.24) is 0 Å². The molecule has 19 heavy (non-hydrogen) atoms. The lowest BCUT2D eigenvalue weighted by Crippen LogP contribution is -3.23. The third-order valence-corrected chi connectivity index (χ3v) is 5.77. The van der Waals surface area contributed by atoms with Crippen LogP contribution in [0, 0.1) is 0 Å². The molecule has 0 bridgehead atoms. The van der Waals surface area contributed by atoms with Gasteiger partial charge in [0.1, 0.15) is 13.1 Å². The Labute approximate surface area is 118 Å². The largest absolute Gasteiger partial charge is 0.370 e. The molecule has 1 saturated carbocycles. The highest BCUT2D eigenvalue weighted by Gasteiger charge is 2.33. The van der Waals surface area contributed by atoms with Gasteiger partial charge in [-0.2, -0.15) is 0 Å². The molecule has 2 heterocycles. The Morgan fingerprint density at radius 3 is 1.74 bits per heavy atom. The van der Waals surface area contributed by atoms with Gasteiger partial charge in [-0.15, -0.1) is 0 Å². The Bertz CT molecular complexity index is 249. The van der Waals surface area contributed by atoms with Crippen molar-refractivity contribution in [3.8, 4) is 0 Å². The van der Waals surface area contributed by atoms with Crippen LogP contribution in [0.3, 0.4) is 0 Å². The highest BCUT2D eigenvalue weighted by molar-refractivity contribution is 4.67. The van der Waals surface area contributed by atoms with Crippen LogP contribution in [-0.4, -0.2) is 51.5 Å². The molecule has 0 spiro atoms. The zero-order valence-electron chi connectivity index (χ0n) is 12.5. The number of morpholine rings is 1. The molecule has 2 N–H and O–H groups in total. The lowest BCUT2D eigenvalue weighted by molar-refractivity contribution is -0.971. The van der Waals surface area contributed by atoms with Crippen LogP contribution in [0.1, 0.15) is 51.4 Å². The summed E-state index contributed by atoms with van der Waals surface area (Å²) in [5.74, 6) is 0. The average Bonchev–Trinajstić information content (AvgIpc) is 2.77. The van der Waals surface area contributed by atoms with Gasteiger partial charge in [-0.25, -0.2) is 0 Å². The summed E-state index contributed by atoms with van der Waals surface area (Å²) in [4.78, 5) is 3.79. The predicted molar refractivity (Wildman–Crippen MR) is 76.7 cm³/mol. The highest BCUT2D eigenvalue weighted by Crippen LogP contribution is 2.16. The Balaban J connectivity index is 1.45. The van der Waals surface area contributed by atoms with Crippen molar-refractivity contribution in [3.63, 3.8) is 0 Å². The smallest absolute Gasteiger partial charge is 0.101 e. The topological polar surface area (TPSA) is 18.1 Å². The van der Waals surface area contributed by atoms with Gasteiger partial charge in [0.2, 0.25) is 0 Å². The lowest BCUT2D eigenvalue weighted by atomic mass is 9.98. The summed E-state index contributed by atoms with van der Waals surface area (Å²) in [6, 6.07) is 1.95. The molecule has 110 valence electrons. The van der Waals surface area contributed by atoms with Gasteiger partial charge in [0.05, 0.1) is 38.4 Å². The summed E-state index contributed by atoms with van der Waals surface area (Å²) in [5.41, 5.74) is 0. The van der Waals surface area contributed by atoms with Gasteiger partial charge >= 0.3 is 0 Å². The zero-order valence-corrected chi connectivity index (χ0v) is 12.5. The summed E-state index contributed by atoms with van der Waals surface area (Å²) in [7, 11) is 0. The van der Waals surface area contributed by atoms with E-state index in [4.69, 9.17) is 4.74 Å².